The third-order valence-electron chi connectivity index (χ3n) is 1.50. The minimum atomic E-state index is -1.70. The van der Waals surface area contributed by atoms with Crippen molar-refractivity contribution in [3.63, 3.8) is 0 Å². The van der Waals surface area contributed by atoms with Gasteiger partial charge in [0.2, 0.25) is 6.10 Å². The van der Waals surface area contributed by atoms with E-state index in [1.54, 1.807) is 0 Å². The van der Waals surface area contributed by atoms with Crippen LogP contribution in [0.1, 0.15) is 6.92 Å². The quantitative estimate of drug-likeness (QED) is 0.476. The van der Waals surface area contributed by atoms with Crippen molar-refractivity contribution in [1.82, 2.24) is 0 Å². The topological polar surface area (TPSA) is 101 Å². The summed E-state index contributed by atoms with van der Waals surface area (Å²) in [5.41, 5.74) is 0. The molecule has 6 heteroatoms. The fourth-order valence-electron chi connectivity index (χ4n) is 0.669. The highest BCUT2D eigenvalue weighted by molar-refractivity contribution is 5.87. The number of aliphatic carboxylic acids is 2. The van der Waals surface area contributed by atoms with Crippen LogP contribution in [0.2, 0.25) is 0 Å². The van der Waals surface area contributed by atoms with E-state index in [-0.39, 0.29) is 0 Å². The Bertz CT molecular complexity index is 269. The number of hydrogen-bond acceptors (Lipinski definition) is 4. The second-order valence-electron chi connectivity index (χ2n) is 2.53. The zero-order valence-electron chi connectivity index (χ0n) is 7.47. The van der Waals surface area contributed by atoms with E-state index in [4.69, 9.17) is 10.2 Å². The van der Waals surface area contributed by atoms with Crippen molar-refractivity contribution < 1.29 is 29.3 Å². The van der Waals surface area contributed by atoms with E-state index in [0.29, 0.717) is 0 Å². The molecule has 0 amide bonds. The van der Waals surface area contributed by atoms with Crippen LogP contribution in [0.25, 0.3) is 0 Å². The summed E-state index contributed by atoms with van der Waals surface area (Å²) in [4.78, 5) is 31.6. The summed E-state index contributed by atoms with van der Waals surface area (Å²) in [6, 6.07) is 0. The predicted molar refractivity (Wildman–Crippen MR) is 44.5 cm³/mol. The summed E-state index contributed by atoms with van der Waals surface area (Å²) in [5.74, 6) is -5.13. The first-order valence-electron chi connectivity index (χ1n) is 3.68. The molecule has 0 aliphatic carbocycles. The Morgan fingerprint density at radius 1 is 1.29 bits per heavy atom. The van der Waals surface area contributed by atoms with Gasteiger partial charge in [0.25, 0.3) is 0 Å². The molecule has 0 aromatic carbocycles. The van der Waals surface area contributed by atoms with Crippen LogP contribution >= 0.6 is 0 Å². The maximum Gasteiger partial charge on any atom is 0.345 e. The molecule has 0 bridgehead atoms. The Hall–Kier alpha value is -1.85. The van der Waals surface area contributed by atoms with Gasteiger partial charge in [-0.3, -0.25) is 4.79 Å². The highest BCUT2D eigenvalue weighted by Crippen LogP contribution is 2.08. The number of carboxylic acid groups (broad SMARTS) is 2. The smallest absolute Gasteiger partial charge is 0.345 e. The lowest BCUT2D eigenvalue weighted by Gasteiger charge is -2.15. The number of rotatable bonds is 5. The minimum Gasteiger partial charge on any atom is -0.481 e. The van der Waals surface area contributed by atoms with E-state index in [1.165, 1.54) is 0 Å². The zero-order valence-corrected chi connectivity index (χ0v) is 7.47. The third-order valence-corrected chi connectivity index (χ3v) is 1.50. The molecule has 6 nitrogen and oxygen atoms in total. The fourth-order valence-corrected chi connectivity index (χ4v) is 0.669. The van der Waals surface area contributed by atoms with Crippen molar-refractivity contribution in [3.05, 3.63) is 12.7 Å². The Labute approximate surface area is 79.8 Å². The number of carbonyl (C=O) groups excluding carboxylic acids is 1. The van der Waals surface area contributed by atoms with E-state index in [2.05, 4.69) is 11.3 Å². The molecule has 0 aromatic rings. The van der Waals surface area contributed by atoms with Crippen LogP contribution < -0.4 is 0 Å². The normalized spacial score (nSPS) is 13.8. The fraction of sp³-hybridized carbons (Fsp3) is 0.375. The van der Waals surface area contributed by atoms with Crippen LogP contribution in [-0.4, -0.2) is 34.2 Å². The maximum absolute atomic E-state index is 10.7. The van der Waals surface area contributed by atoms with Crippen LogP contribution in [0.3, 0.4) is 0 Å². The molecule has 0 aliphatic rings. The van der Waals surface area contributed by atoms with Crippen molar-refractivity contribution in [2.45, 2.75) is 13.0 Å². The standard InChI is InChI=1S/C8H10O6/c1-3-5(9)14-6(8(12)13)4(2)7(10)11/h3-4,6H,1H2,2H3,(H,10,11)(H,12,13). The first kappa shape index (κ1) is 12.2. The Morgan fingerprint density at radius 3 is 2.07 bits per heavy atom. The molecular weight excluding hydrogens is 192 g/mol. The van der Waals surface area contributed by atoms with Crippen LogP contribution in [0.4, 0.5) is 0 Å². The first-order chi connectivity index (χ1) is 6.40. The summed E-state index contributed by atoms with van der Waals surface area (Å²) in [5, 5.41) is 17.1. The van der Waals surface area contributed by atoms with Gasteiger partial charge in [-0.2, -0.15) is 0 Å². The molecule has 0 heterocycles. The molecule has 0 fully saturated rings. The monoisotopic (exact) mass is 202 g/mol. The number of ether oxygens (including phenoxy) is 1. The third kappa shape index (κ3) is 3.26. The summed E-state index contributed by atoms with van der Waals surface area (Å²) in [6.45, 7) is 4.20. The Morgan fingerprint density at radius 2 is 1.79 bits per heavy atom. The lowest BCUT2D eigenvalue weighted by atomic mass is 10.1. The summed E-state index contributed by atoms with van der Waals surface area (Å²) < 4.78 is 4.35. The van der Waals surface area contributed by atoms with E-state index in [0.717, 1.165) is 13.0 Å². The SMILES string of the molecule is C=CC(=O)OC(C(=O)O)C(C)C(=O)O. The van der Waals surface area contributed by atoms with E-state index in [1.807, 2.05) is 0 Å². The van der Waals surface area contributed by atoms with Gasteiger partial charge in [-0.25, -0.2) is 9.59 Å². The van der Waals surface area contributed by atoms with Crippen molar-refractivity contribution in [1.29, 1.82) is 0 Å². The van der Waals surface area contributed by atoms with Crippen LogP contribution in [-0.2, 0) is 19.1 Å². The Balaban J connectivity index is 4.60. The van der Waals surface area contributed by atoms with E-state index < -0.39 is 29.9 Å². The van der Waals surface area contributed by atoms with Crippen LogP contribution in [0, 0.1) is 5.92 Å². The summed E-state index contributed by atoms with van der Waals surface area (Å²) in [6.07, 6.45) is -0.928. The van der Waals surface area contributed by atoms with Crippen LogP contribution in [0.15, 0.2) is 12.7 Å². The molecule has 0 saturated carbocycles. The maximum atomic E-state index is 10.7. The molecule has 0 rings (SSSR count). The molecule has 0 aromatic heterocycles. The number of esters is 1. The molecule has 2 atom stereocenters. The second kappa shape index (κ2) is 5.00. The molecule has 0 spiro atoms. The second-order valence-corrected chi connectivity index (χ2v) is 2.53. The molecule has 2 N–H and O–H groups in total. The first-order valence-corrected chi connectivity index (χ1v) is 3.68. The molecular formula is C8H10O6. The largest absolute Gasteiger partial charge is 0.481 e. The van der Waals surface area contributed by atoms with Gasteiger partial charge in [0.15, 0.2) is 0 Å². The number of carboxylic acids is 2. The van der Waals surface area contributed by atoms with Gasteiger partial charge in [-0.05, 0) is 6.92 Å². The van der Waals surface area contributed by atoms with Gasteiger partial charge in [0.05, 0.1) is 0 Å². The molecule has 0 radical (unpaired) electrons. The Kier molecular flexibility index (Phi) is 4.34. The molecule has 2 unspecified atom stereocenters. The van der Waals surface area contributed by atoms with Crippen molar-refractivity contribution in [2.24, 2.45) is 5.92 Å². The highest BCUT2D eigenvalue weighted by Gasteiger charge is 2.32. The van der Waals surface area contributed by atoms with Gasteiger partial charge in [-0.1, -0.05) is 6.58 Å². The van der Waals surface area contributed by atoms with Gasteiger partial charge < -0.3 is 14.9 Å². The predicted octanol–water partition coefficient (Wildman–Crippen LogP) is -0.111. The van der Waals surface area contributed by atoms with Crippen molar-refractivity contribution >= 4 is 17.9 Å². The number of carbonyl (C=O) groups is 3. The van der Waals surface area contributed by atoms with E-state index >= 15 is 0 Å². The van der Waals surface area contributed by atoms with Gasteiger partial charge in [0, 0.05) is 6.08 Å². The van der Waals surface area contributed by atoms with Gasteiger partial charge in [-0.15, -0.1) is 0 Å². The average molecular weight is 202 g/mol. The van der Waals surface area contributed by atoms with Gasteiger partial charge >= 0.3 is 17.9 Å². The molecule has 14 heavy (non-hydrogen) atoms. The number of hydrogen-bond donors (Lipinski definition) is 2. The molecule has 0 aliphatic heterocycles. The van der Waals surface area contributed by atoms with E-state index in [9.17, 15) is 14.4 Å². The average Bonchev–Trinajstić information content (AvgIpc) is 2.11. The summed E-state index contributed by atoms with van der Waals surface area (Å²) in [7, 11) is 0. The van der Waals surface area contributed by atoms with Gasteiger partial charge in [0.1, 0.15) is 5.92 Å². The molecule has 0 saturated heterocycles. The zero-order chi connectivity index (χ0) is 11.3. The van der Waals surface area contributed by atoms with Crippen LogP contribution in [0.5, 0.6) is 0 Å². The lowest BCUT2D eigenvalue weighted by Crippen LogP contribution is -2.36. The lowest BCUT2D eigenvalue weighted by molar-refractivity contribution is -0.169. The summed E-state index contributed by atoms with van der Waals surface area (Å²) >= 11 is 0. The van der Waals surface area contributed by atoms with Crippen molar-refractivity contribution in [3.8, 4) is 0 Å². The minimum absolute atomic E-state index is 0.768. The molecule has 78 valence electrons. The highest BCUT2D eigenvalue weighted by atomic mass is 16.6. The van der Waals surface area contributed by atoms with Crippen molar-refractivity contribution in [2.75, 3.05) is 0 Å².